The molecule has 0 spiro atoms. The van der Waals surface area contributed by atoms with Crippen LogP contribution in [0.3, 0.4) is 0 Å². The first-order chi connectivity index (χ1) is 16.9. The Bertz CT molecular complexity index is 609. The number of rotatable bonds is 0. The van der Waals surface area contributed by atoms with Gasteiger partial charge in [-0.05, 0) is 37.5 Å². The maximum atomic E-state index is 12.4. The average molecular weight is 491 g/mol. The molecule has 0 aromatic heterocycles. The van der Waals surface area contributed by atoms with E-state index in [1.165, 1.54) is 38.5 Å². The summed E-state index contributed by atoms with van der Waals surface area (Å²) in [6.45, 7) is 4.25. The van der Waals surface area contributed by atoms with Crippen molar-refractivity contribution in [3.63, 3.8) is 0 Å². The van der Waals surface area contributed by atoms with Crippen molar-refractivity contribution < 1.29 is 19.2 Å². The molecule has 0 N–H and O–H groups in total. The maximum Gasteiger partial charge on any atom is 0.198 e. The molecular weight excluding hydrogens is 436 g/mol. The zero-order valence-electron chi connectivity index (χ0n) is 23.1. The van der Waals surface area contributed by atoms with Crippen LogP contribution in [-0.4, -0.2) is 23.1 Å². The predicted molar refractivity (Wildman–Crippen MR) is 145 cm³/mol. The molecule has 202 valence electrons. The first-order valence-electron chi connectivity index (χ1n) is 15.0. The quantitative estimate of drug-likeness (QED) is 0.319. The van der Waals surface area contributed by atoms with Gasteiger partial charge in [0.15, 0.2) is 11.6 Å². The predicted octanol–water partition coefficient (Wildman–Crippen LogP) is 8.52. The van der Waals surface area contributed by atoms with E-state index in [4.69, 9.17) is 0 Å². The lowest BCUT2D eigenvalue weighted by molar-refractivity contribution is -0.136. The van der Waals surface area contributed by atoms with E-state index in [2.05, 4.69) is 13.8 Å². The Hall–Kier alpha value is -1.32. The van der Waals surface area contributed by atoms with Crippen molar-refractivity contribution >= 4 is 23.1 Å². The van der Waals surface area contributed by atoms with E-state index in [1.807, 2.05) is 0 Å². The van der Waals surface area contributed by atoms with Crippen molar-refractivity contribution in [2.45, 2.75) is 162 Å². The summed E-state index contributed by atoms with van der Waals surface area (Å²) >= 11 is 0. The Morgan fingerprint density at radius 1 is 0.371 bits per heavy atom. The van der Waals surface area contributed by atoms with Crippen LogP contribution in [0.15, 0.2) is 0 Å². The normalized spacial score (nSPS) is 26.5. The Labute approximate surface area is 215 Å². The minimum absolute atomic E-state index is 0.165. The van der Waals surface area contributed by atoms with Crippen molar-refractivity contribution in [1.82, 2.24) is 0 Å². The summed E-state index contributed by atoms with van der Waals surface area (Å²) in [5.41, 5.74) is 0. The molecule has 2 atom stereocenters. The van der Waals surface area contributed by atoms with Gasteiger partial charge in [0.05, 0.1) is 0 Å². The molecule has 35 heavy (non-hydrogen) atoms. The van der Waals surface area contributed by atoms with Crippen LogP contribution in [0.1, 0.15) is 162 Å². The molecule has 1 rings (SSSR count). The van der Waals surface area contributed by atoms with Crippen LogP contribution in [0.2, 0.25) is 0 Å². The highest BCUT2D eigenvalue weighted by molar-refractivity contribution is 6.37. The number of hydrogen-bond donors (Lipinski definition) is 0. The summed E-state index contributed by atoms with van der Waals surface area (Å²) in [6.07, 6.45) is 21.9. The van der Waals surface area contributed by atoms with Crippen LogP contribution >= 0.6 is 0 Å². The zero-order chi connectivity index (χ0) is 25.7. The third-order valence-corrected chi connectivity index (χ3v) is 7.85. The molecule has 0 aliphatic heterocycles. The molecule has 0 amide bonds. The SMILES string of the molecule is CC1CC(=O)CCCCCCCCCCCC(=O)C(=O)CCCCCCCCCCC(=O)C[C@H]1C. The fourth-order valence-corrected chi connectivity index (χ4v) is 5.12. The molecule has 0 heterocycles. The highest BCUT2D eigenvalue weighted by atomic mass is 16.2. The van der Waals surface area contributed by atoms with Crippen LogP contribution in [-0.2, 0) is 19.2 Å². The summed E-state index contributed by atoms with van der Waals surface area (Å²) < 4.78 is 0. The second-order valence-corrected chi connectivity index (χ2v) is 11.3. The van der Waals surface area contributed by atoms with Gasteiger partial charge < -0.3 is 0 Å². The monoisotopic (exact) mass is 490 g/mol. The number of carbonyl (C=O) groups is 4. The molecule has 4 heteroatoms. The van der Waals surface area contributed by atoms with Crippen LogP contribution in [0.4, 0.5) is 0 Å². The maximum absolute atomic E-state index is 12.4. The summed E-state index contributed by atoms with van der Waals surface area (Å²) in [7, 11) is 0. The fraction of sp³-hybridized carbons (Fsp3) is 0.871. The number of Topliss-reactive ketones (excluding diaryl/α,β-unsaturated/α-hetero) is 4. The van der Waals surface area contributed by atoms with Crippen LogP contribution < -0.4 is 0 Å². The Morgan fingerprint density at radius 3 is 0.886 bits per heavy atom. The van der Waals surface area contributed by atoms with Gasteiger partial charge in [-0.25, -0.2) is 0 Å². The fourth-order valence-electron chi connectivity index (χ4n) is 5.12. The molecule has 1 aliphatic rings. The molecule has 1 fully saturated rings. The van der Waals surface area contributed by atoms with Gasteiger partial charge in [0.2, 0.25) is 0 Å². The molecule has 0 saturated heterocycles. The van der Waals surface area contributed by atoms with E-state index < -0.39 is 0 Å². The van der Waals surface area contributed by atoms with Gasteiger partial charge in [-0.1, -0.05) is 97.3 Å². The van der Waals surface area contributed by atoms with Crippen LogP contribution in [0, 0.1) is 11.8 Å². The number of ketones is 4. The van der Waals surface area contributed by atoms with Gasteiger partial charge in [-0.2, -0.15) is 0 Å². The van der Waals surface area contributed by atoms with E-state index in [9.17, 15) is 19.2 Å². The van der Waals surface area contributed by atoms with Crippen molar-refractivity contribution in [3.8, 4) is 0 Å². The molecule has 0 aromatic carbocycles. The second kappa shape index (κ2) is 20.8. The highest BCUT2D eigenvalue weighted by Gasteiger charge is 2.19. The molecule has 0 aromatic rings. The van der Waals surface area contributed by atoms with Gasteiger partial charge in [0, 0.05) is 38.5 Å². The molecule has 1 aliphatic carbocycles. The molecule has 0 bridgehead atoms. The van der Waals surface area contributed by atoms with Crippen LogP contribution in [0.25, 0.3) is 0 Å². The summed E-state index contributed by atoms with van der Waals surface area (Å²) in [4.78, 5) is 48.8. The lowest BCUT2D eigenvalue weighted by Gasteiger charge is -2.18. The van der Waals surface area contributed by atoms with E-state index >= 15 is 0 Å². The molecule has 1 saturated carbocycles. The van der Waals surface area contributed by atoms with Crippen molar-refractivity contribution in [2.75, 3.05) is 0 Å². The average Bonchev–Trinajstić information content (AvgIpc) is 2.82. The largest absolute Gasteiger partial charge is 0.300 e. The van der Waals surface area contributed by atoms with Gasteiger partial charge in [-0.3, -0.25) is 19.2 Å². The Kier molecular flexibility index (Phi) is 18.9. The summed E-state index contributed by atoms with van der Waals surface area (Å²) in [5, 5.41) is 0. The Balaban J connectivity index is 2.37. The first kappa shape index (κ1) is 31.7. The standard InChI is InChI=1S/C31H54O4/c1-26-24-28(32)20-16-12-8-4-3-5-10-14-18-22-30(34)31(35)23-19-15-11-7-6-9-13-17-21-29(33)25-27(26)2/h26-27H,3-25H2,1-2H3/t26?,27-/m1/s1. The number of hydrogen-bond acceptors (Lipinski definition) is 4. The third kappa shape index (κ3) is 17.7. The molecule has 0 radical (unpaired) electrons. The van der Waals surface area contributed by atoms with Crippen molar-refractivity contribution in [1.29, 1.82) is 0 Å². The third-order valence-electron chi connectivity index (χ3n) is 7.85. The highest BCUT2D eigenvalue weighted by Crippen LogP contribution is 2.22. The zero-order valence-corrected chi connectivity index (χ0v) is 23.1. The number of carbonyl (C=O) groups excluding carboxylic acids is 4. The van der Waals surface area contributed by atoms with E-state index in [1.54, 1.807) is 0 Å². The topological polar surface area (TPSA) is 68.3 Å². The minimum atomic E-state index is -0.166. The van der Waals surface area contributed by atoms with E-state index in [-0.39, 0.29) is 23.4 Å². The van der Waals surface area contributed by atoms with Gasteiger partial charge in [0.1, 0.15) is 11.6 Å². The smallest absolute Gasteiger partial charge is 0.198 e. The molecule has 1 unspecified atom stereocenters. The van der Waals surface area contributed by atoms with Crippen molar-refractivity contribution in [3.05, 3.63) is 0 Å². The van der Waals surface area contributed by atoms with E-state index in [0.717, 1.165) is 70.6 Å². The summed E-state index contributed by atoms with van der Waals surface area (Å²) in [6, 6.07) is 0. The first-order valence-corrected chi connectivity index (χ1v) is 15.0. The van der Waals surface area contributed by atoms with Gasteiger partial charge in [-0.15, -0.1) is 0 Å². The van der Waals surface area contributed by atoms with Crippen molar-refractivity contribution in [2.24, 2.45) is 11.8 Å². The molecule has 4 nitrogen and oxygen atoms in total. The lowest BCUT2D eigenvalue weighted by Crippen LogP contribution is -2.16. The summed E-state index contributed by atoms with van der Waals surface area (Å²) in [5.74, 6) is 0.939. The van der Waals surface area contributed by atoms with Gasteiger partial charge in [0.25, 0.3) is 0 Å². The lowest BCUT2D eigenvalue weighted by atomic mass is 9.86. The second-order valence-electron chi connectivity index (χ2n) is 11.3. The van der Waals surface area contributed by atoms with E-state index in [0.29, 0.717) is 50.1 Å². The minimum Gasteiger partial charge on any atom is -0.300 e. The Morgan fingerprint density at radius 2 is 0.600 bits per heavy atom. The van der Waals surface area contributed by atoms with Crippen LogP contribution in [0.5, 0.6) is 0 Å². The van der Waals surface area contributed by atoms with Gasteiger partial charge >= 0.3 is 0 Å². The molecular formula is C31H54O4.